The fraction of sp³-hybridized carbons (Fsp3) is 0.812. The number of nitrogens with zero attached hydrogens (tertiary/aromatic N) is 2. The van der Waals surface area contributed by atoms with Crippen molar-refractivity contribution in [3.63, 3.8) is 0 Å². The van der Waals surface area contributed by atoms with Gasteiger partial charge in [-0.05, 0) is 44.1 Å². The summed E-state index contributed by atoms with van der Waals surface area (Å²) in [6.07, 6.45) is 5.01. The summed E-state index contributed by atoms with van der Waals surface area (Å²) in [5, 5.41) is 4.72. The minimum atomic E-state index is 0.416. The molecule has 0 aromatic carbocycles. The van der Waals surface area contributed by atoms with E-state index in [-0.39, 0.29) is 0 Å². The Morgan fingerprint density at radius 2 is 2.10 bits per heavy atom. The van der Waals surface area contributed by atoms with Crippen LogP contribution in [-0.4, -0.2) is 25.1 Å². The number of rotatable bonds is 2. The first-order valence-electron chi connectivity index (χ1n) is 7.91. The Balaban J connectivity index is 1.78. The van der Waals surface area contributed by atoms with E-state index in [9.17, 15) is 0 Å². The Bertz CT molecular complexity index is 475. The Morgan fingerprint density at radius 1 is 1.30 bits per heavy atom. The minimum Gasteiger partial charge on any atom is -0.348 e. The maximum Gasteiger partial charge on any atom is 0.185 e. The largest absolute Gasteiger partial charge is 0.348 e. The number of hydrogen-bond acceptors (Lipinski definition) is 4. The maximum absolute atomic E-state index is 4.95. The molecule has 2 aliphatic rings. The van der Waals surface area contributed by atoms with E-state index < -0.39 is 0 Å². The van der Waals surface area contributed by atoms with Crippen LogP contribution in [-0.2, 0) is 6.42 Å². The van der Waals surface area contributed by atoms with Gasteiger partial charge < -0.3 is 10.2 Å². The molecule has 1 saturated heterocycles. The van der Waals surface area contributed by atoms with Crippen LogP contribution in [0.25, 0.3) is 0 Å². The van der Waals surface area contributed by atoms with Crippen LogP contribution in [0.4, 0.5) is 5.13 Å². The normalized spacial score (nSPS) is 26.9. The summed E-state index contributed by atoms with van der Waals surface area (Å²) in [5.74, 6) is 0.795. The lowest BCUT2D eigenvalue weighted by molar-refractivity contribution is 0.263. The van der Waals surface area contributed by atoms with Crippen LogP contribution >= 0.6 is 11.3 Å². The molecule has 1 aliphatic carbocycles. The second-order valence-electron chi connectivity index (χ2n) is 7.34. The molecule has 1 fully saturated rings. The van der Waals surface area contributed by atoms with E-state index in [1.807, 2.05) is 11.3 Å². The summed E-state index contributed by atoms with van der Waals surface area (Å²) < 4.78 is 0. The lowest BCUT2D eigenvalue weighted by atomic mass is 9.80. The highest BCUT2D eigenvalue weighted by Gasteiger charge is 2.34. The van der Waals surface area contributed by atoms with E-state index in [1.165, 1.54) is 54.5 Å². The van der Waals surface area contributed by atoms with Gasteiger partial charge >= 0.3 is 0 Å². The van der Waals surface area contributed by atoms with E-state index in [2.05, 4.69) is 38.0 Å². The molecule has 112 valence electrons. The van der Waals surface area contributed by atoms with Gasteiger partial charge in [0.1, 0.15) is 0 Å². The molecule has 2 unspecified atom stereocenters. The molecule has 1 N–H and O–H groups in total. The zero-order valence-electron chi connectivity index (χ0n) is 13.2. The van der Waals surface area contributed by atoms with Crippen molar-refractivity contribution in [2.45, 2.75) is 52.5 Å². The molecule has 2 heterocycles. The highest BCUT2D eigenvalue weighted by atomic mass is 32.1. The zero-order chi connectivity index (χ0) is 14.3. The number of anilines is 1. The first kappa shape index (κ1) is 14.3. The van der Waals surface area contributed by atoms with Crippen molar-refractivity contribution in [1.82, 2.24) is 10.3 Å². The lowest BCUT2D eigenvalue weighted by Gasteiger charge is -2.26. The summed E-state index contributed by atoms with van der Waals surface area (Å²) in [6, 6.07) is 0.533. The third kappa shape index (κ3) is 2.60. The van der Waals surface area contributed by atoms with Crippen LogP contribution in [0.1, 0.15) is 56.6 Å². The Hall–Kier alpha value is -0.610. The van der Waals surface area contributed by atoms with Crippen molar-refractivity contribution in [2.75, 3.05) is 25.0 Å². The number of aryl methyl sites for hydroxylation is 1. The predicted molar refractivity (Wildman–Crippen MR) is 86.6 cm³/mol. The minimum absolute atomic E-state index is 0.416. The van der Waals surface area contributed by atoms with Crippen LogP contribution in [0.3, 0.4) is 0 Å². The third-order valence-electron chi connectivity index (χ3n) is 4.97. The molecule has 0 spiro atoms. The molecule has 0 radical (unpaired) electrons. The van der Waals surface area contributed by atoms with Crippen molar-refractivity contribution in [1.29, 1.82) is 0 Å². The molecule has 0 amide bonds. The number of nitrogens with one attached hydrogen (secondary N) is 1. The van der Waals surface area contributed by atoms with Crippen molar-refractivity contribution in [3.05, 3.63) is 10.6 Å². The lowest BCUT2D eigenvalue weighted by Crippen LogP contribution is -2.25. The smallest absolute Gasteiger partial charge is 0.185 e. The predicted octanol–water partition coefficient (Wildman–Crippen LogP) is 3.61. The van der Waals surface area contributed by atoms with Gasteiger partial charge in [0, 0.05) is 24.0 Å². The molecular formula is C16H27N3S. The van der Waals surface area contributed by atoms with Crippen molar-refractivity contribution in [2.24, 2.45) is 11.3 Å². The summed E-state index contributed by atoms with van der Waals surface area (Å²) in [6.45, 7) is 9.46. The average molecular weight is 293 g/mol. The number of hydrogen-bond donors (Lipinski definition) is 1. The summed E-state index contributed by atoms with van der Waals surface area (Å²) in [4.78, 5) is 8.96. The number of aromatic nitrogens is 1. The number of thiazole rings is 1. The van der Waals surface area contributed by atoms with Crippen LogP contribution < -0.4 is 10.2 Å². The van der Waals surface area contributed by atoms with Gasteiger partial charge in [-0.2, -0.15) is 0 Å². The molecular weight excluding hydrogens is 266 g/mol. The van der Waals surface area contributed by atoms with Gasteiger partial charge in [-0.3, -0.25) is 0 Å². The Morgan fingerprint density at radius 3 is 2.75 bits per heavy atom. The maximum atomic E-state index is 4.95. The average Bonchev–Trinajstić information content (AvgIpc) is 3.03. The molecule has 2 atom stereocenters. The second-order valence-corrected chi connectivity index (χ2v) is 8.35. The highest BCUT2D eigenvalue weighted by molar-refractivity contribution is 7.15. The van der Waals surface area contributed by atoms with E-state index >= 15 is 0 Å². The highest BCUT2D eigenvalue weighted by Crippen LogP contribution is 2.41. The van der Waals surface area contributed by atoms with Gasteiger partial charge in [-0.1, -0.05) is 32.1 Å². The van der Waals surface area contributed by atoms with E-state index in [1.54, 1.807) is 0 Å². The quantitative estimate of drug-likeness (QED) is 0.903. The summed E-state index contributed by atoms with van der Waals surface area (Å²) in [7, 11) is 2.07. The van der Waals surface area contributed by atoms with Crippen LogP contribution in [0.2, 0.25) is 0 Å². The Kier molecular flexibility index (Phi) is 3.80. The SMILES string of the molecule is CNC1CCCc2nc(N3CCC(C(C)(C)C)C3)sc21. The fourth-order valence-electron chi connectivity index (χ4n) is 3.46. The fourth-order valence-corrected chi connectivity index (χ4v) is 4.75. The van der Waals surface area contributed by atoms with Gasteiger partial charge in [0.25, 0.3) is 0 Å². The van der Waals surface area contributed by atoms with Crippen molar-refractivity contribution in [3.8, 4) is 0 Å². The second kappa shape index (κ2) is 5.30. The van der Waals surface area contributed by atoms with Crippen LogP contribution in [0, 0.1) is 11.3 Å². The van der Waals surface area contributed by atoms with Gasteiger partial charge in [0.15, 0.2) is 5.13 Å². The molecule has 0 bridgehead atoms. The molecule has 1 aliphatic heterocycles. The van der Waals surface area contributed by atoms with Gasteiger partial charge in [0.05, 0.1) is 5.69 Å². The number of fused-ring (bicyclic) bond motifs is 1. The van der Waals surface area contributed by atoms with Crippen molar-refractivity contribution >= 4 is 16.5 Å². The zero-order valence-corrected chi connectivity index (χ0v) is 14.0. The first-order valence-corrected chi connectivity index (χ1v) is 8.72. The molecule has 4 heteroatoms. The van der Waals surface area contributed by atoms with Gasteiger partial charge in [-0.25, -0.2) is 4.98 Å². The standard InChI is InChI=1S/C16H27N3S/c1-16(2,3)11-8-9-19(10-11)15-18-13-7-5-6-12(17-4)14(13)20-15/h11-12,17H,5-10H2,1-4H3. The first-order chi connectivity index (χ1) is 9.49. The molecule has 20 heavy (non-hydrogen) atoms. The van der Waals surface area contributed by atoms with Crippen LogP contribution in [0.5, 0.6) is 0 Å². The van der Waals surface area contributed by atoms with E-state index in [4.69, 9.17) is 4.98 Å². The summed E-state index contributed by atoms with van der Waals surface area (Å²) in [5.41, 5.74) is 1.77. The molecule has 1 aromatic rings. The van der Waals surface area contributed by atoms with E-state index in [0.29, 0.717) is 11.5 Å². The molecule has 3 nitrogen and oxygen atoms in total. The van der Waals surface area contributed by atoms with Crippen LogP contribution in [0.15, 0.2) is 0 Å². The van der Waals surface area contributed by atoms with Crippen molar-refractivity contribution < 1.29 is 0 Å². The monoisotopic (exact) mass is 293 g/mol. The summed E-state index contributed by atoms with van der Waals surface area (Å²) >= 11 is 1.93. The van der Waals surface area contributed by atoms with Gasteiger partial charge in [-0.15, -0.1) is 0 Å². The van der Waals surface area contributed by atoms with E-state index in [0.717, 1.165) is 5.92 Å². The molecule has 1 aromatic heterocycles. The Labute approximate surface area is 126 Å². The topological polar surface area (TPSA) is 28.2 Å². The van der Waals surface area contributed by atoms with Gasteiger partial charge in [0.2, 0.25) is 0 Å². The third-order valence-corrected chi connectivity index (χ3v) is 6.24. The molecule has 0 saturated carbocycles. The molecule has 3 rings (SSSR count).